The van der Waals surface area contributed by atoms with Gasteiger partial charge in [-0.05, 0) is 59.5 Å². The number of aryl methyl sites for hydroxylation is 1. The molecule has 0 aliphatic heterocycles. The van der Waals surface area contributed by atoms with Crippen molar-refractivity contribution >= 4 is 17.5 Å². The number of amides is 1. The SMILES string of the molecule is Cc1nn(-c2ccc(F)cc2)c(Cl)c1C(=O)NCc1ccccc1-c1ccc(Cn2cccn2)cc1. The molecule has 0 bridgehead atoms. The topological polar surface area (TPSA) is 64.7 Å². The molecule has 0 atom stereocenters. The Morgan fingerprint density at radius 3 is 2.47 bits per heavy atom. The van der Waals surface area contributed by atoms with Gasteiger partial charge in [-0.25, -0.2) is 9.07 Å². The highest BCUT2D eigenvalue weighted by Gasteiger charge is 2.21. The lowest BCUT2D eigenvalue weighted by molar-refractivity contribution is 0.0950. The molecule has 2 heterocycles. The Bertz CT molecular complexity index is 1490. The van der Waals surface area contributed by atoms with Crippen LogP contribution in [0.1, 0.15) is 27.2 Å². The Morgan fingerprint density at radius 1 is 1.00 bits per heavy atom. The number of nitrogens with zero attached hydrogens (tertiary/aromatic N) is 4. The second-order valence-electron chi connectivity index (χ2n) is 8.38. The summed E-state index contributed by atoms with van der Waals surface area (Å²) in [7, 11) is 0. The molecule has 5 aromatic rings. The summed E-state index contributed by atoms with van der Waals surface area (Å²) in [4.78, 5) is 13.1. The minimum absolute atomic E-state index is 0.178. The van der Waals surface area contributed by atoms with Crippen LogP contribution in [-0.4, -0.2) is 25.5 Å². The van der Waals surface area contributed by atoms with E-state index in [4.69, 9.17) is 11.6 Å². The highest BCUT2D eigenvalue weighted by molar-refractivity contribution is 6.33. The maximum absolute atomic E-state index is 13.3. The Balaban J connectivity index is 1.32. The van der Waals surface area contributed by atoms with Crippen molar-refractivity contribution in [3.8, 4) is 16.8 Å². The third kappa shape index (κ3) is 4.92. The zero-order valence-electron chi connectivity index (χ0n) is 19.5. The van der Waals surface area contributed by atoms with Gasteiger partial charge in [0, 0.05) is 18.9 Å². The van der Waals surface area contributed by atoms with Gasteiger partial charge in [-0.15, -0.1) is 0 Å². The van der Waals surface area contributed by atoms with Crippen LogP contribution in [0.15, 0.2) is 91.3 Å². The zero-order valence-corrected chi connectivity index (χ0v) is 20.3. The lowest BCUT2D eigenvalue weighted by Gasteiger charge is -2.12. The summed E-state index contributed by atoms with van der Waals surface area (Å²) in [6.07, 6.45) is 3.70. The number of hydrogen-bond donors (Lipinski definition) is 1. The van der Waals surface area contributed by atoms with Gasteiger partial charge in [0.25, 0.3) is 5.91 Å². The Labute approximate surface area is 213 Å². The van der Waals surface area contributed by atoms with E-state index < -0.39 is 0 Å². The van der Waals surface area contributed by atoms with Crippen molar-refractivity contribution in [2.45, 2.75) is 20.0 Å². The van der Waals surface area contributed by atoms with E-state index >= 15 is 0 Å². The fourth-order valence-electron chi connectivity index (χ4n) is 4.10. The standard InChI is InChI=1S/C28H23ClFN5O/c1-19-26(27(29)35(33-19)24-13-11-23(30)12-14-24)28(36)31-17-22-5-2-3-6-25(22)21-9-7-20(8-10-21)18-34-16-4-15-32-34/h2-16H,17-18H2,1H3,(H,31,36). The number of hydrogen-bond acceptors (Lipinski definition) is 3. The van der Waals surface area contributed by atoms with E-state index in [1.807, 2.05) is 41.2 Å². The van der Waals surface area contributed by atoms with Gasteiger partial charge in [0.15, 0.2) is 0 Å². The highest BCUT2D eigenvalue weighted by Crippen LogP contribution is 2.26. The maximum atomic E-state index is 13.3. The molecule has 1 N–H and O–H groups in total. The van der Waals surface area contributed by atoms with Crippen LogP contribution >= 0.6 is 11.6 Å². The first-order valence-corrected chi connectivity index (χ1v) is 11.8. The average Bonchev–Trinajstić information content (AvgIpc) is 3.51. The summed E-state index contributed by atoms with van der Waals surface area (Å²) in [6, 6.07) is 23.9. The van der Waals surface area contributed by atoms with E-state index in [1.54, 1.807) is 25.3 Å². The molecular formula is C28H23ClFN5O. The van der Waals surface area contributed by atoms with Crippen molar-refractivity contribution < 1.29 is 9.18 Å². The molecule has 0 unspecified atom stereocenters. The van der Waals surface area contributed by atoms with Gasteiger partial charge in [0.05, 0.1) is 23.5 Å². The predicted octanol–water partition coefficient (Wildman–Crippen LogP) is 5.82. The molecule has 5 rings (SSSR count). The molecule has 0 aliphatic carbocycles. The van der Waals surface area contributed by atoms with E-state index in [2.05, 4.69) is 39.8 Å². The van der Waals surface area contributed by atoms with Gasteiger partial charge in [0.2, 0.25) is 0 Å². The molecule has 1 amide bonds. The largest absolute Gasteiger partial charge is 0.348 e. The molecule has 0 radical (unpaired) electrons. The van der Waals surface area contributed by atoms with Crippen molar-refractivity contribution in [1.29, 1.82) is 0 Å². The van der Waals surface area contributed by atoms with Crippen molar-refractivity contribution in [1.82, 2.24) is 24.9 Å². The molecule has 36 heavy (non-hydrogen) atoms. The maximum Gasteiger partial charge on any atom is 0.256 e. The summed E-state index contributed by atoms with van der Waals surface area (Å²) in [6.45, 7) is 2.75. The predicted molar refractivity (Wildman–Crippen MR) is 138 cm³/mol. The van der Waals surface area contributed by atoms with Crippen LogP contribution < -0.4 is 5.32 Å². The normalized spacial score (nSPS) is 11.0. The summed E-state index contributed by atoms with van der Waals surface area (Å²) in [5, 5.41) is 11.8. The molecule has 0 saturated carbocycles. The Morgan fingerprint density at radius 2 is 1.75 bits per heavy atom. The van der Waals surface area contributed by atoms with Gasteiger partial charge in [-0.2, -0.15) is 10.2 Å². The number of rotatable bonds is 7. The summed E-state index contributed by atoms with van der Waals surface area (Å²) in [5.74, 6) is -0.682. The van der Waals surface area contributed by atoms with Crippen LogP contribution in [0.2, 0.25) is 5.15 Å². The van der Waals surface area contributed by atoms with Crippen LogP contribution in [0.3, 0.4) is 0 Å². The molecule has 0 aliphatic rings. The van der Waals surface area contributed by atoms with Crippen LogP contribution in [0, 0.1) is 12.7 Å². The second kappa shape index (κ2) is 10.2. The van der Waals surface area contributed by atoms with Gasteiger partial charge in [-0.1, -0.05) is 60.1 Å². The van der Waals surface area contributed by atoms with Gasteiger partial charge < -0.3 is 5.32 Å². The number of carbonyl (C=O) groups is 1. The zero-order chi connectivity index (χ0) is 25.1. The number of carbonyl (C=O) groups excluding carboxylic acids is 1. The smallest absolute Gasteiger partial charge is 0.256 e. The lowest BCUT2D eigenvalue weighted by atomic mass is 9.98. The fraction of sp³-hybridized carbons (Fsp3) is 0.107. The third-order valence-corrected chi connectivity index (χ3v) is 6.28. The van der Waals surface area contributed by atoms with E-state index in [0.717, 1.165) is 22.3 Å². The van der Waals surface area contributed by atoms with Crippen molar-refractivity contribution in [3.05, 3.63) is 125 Å². The van der Waals surface area contributed by atoms with Crippen LogP contribution in [0.5, 0.6) is 0 Å². The fourth-order valence-corrected chi connectivity index (χ4v) is 4.46. The first kappa shape index (κ1) is 23.5. The van der Waals surface area contributed by atoms with E-state index in [0.29, 0.717) is 30.0 Å². The third-order valence-electron chi connectivity index (χ3n) is 5.93. The van der Waals surface area contributed by atoms with Crippen molar-refractivity contribution in [2.75, 3.05) is 0 Å². The first-order chi connectivity index (χ1) is 17.5. The molecule has 8 heteroatoms. The molecule has 2 aromatic heterocycles. The van der Waals surface area contributed by atoms with Crippen molar-refractivity contribution in [2.24, 2.45) is 0 Å². The first-order valence-electron chi connectivity index (χ1n) is 11.4. The molecule has 6 nitrogen and oxygen atoms in total. The van der Waals surface area contributed by atoms with Crippen LogP contribution in [0.4, 0.5) is 4.39 Å². The van der Waals surface area contributed by atoms with E-state index in [9.17, 15) is 9.18 Å². The monoisotopic (exact) mass is 499 g/mol. The summed E-state index contributed by atoms with van der Waals surface area (Å²) < 4.78 is 16.6. The average molecular weight is 500 g/mol. The number of benzene rings is 3. The molecule has 3 aromatic carbocycles. The second-order valence-corrected chi connectivity index (χ2v) is 8.74. The van der Waals surface area contributed by atoms with E-state index in [-0.39, 0.29) is 16.9 Å². The minimum atomic E-state index is -0.358. The van der Waals surface area contributed by atoms with Gasteiger partial charge in [0.1, 0.15) is 11.0 Å². The molecular weight excluding hydrogens is 477 g/mol. The van der Waals surface area contributed by atoms with Gasteiger partial charge >= 0.3 is 0 Å². The molecule has 180 valence electrons. The Hall–Kier alpha value is -4.23. The molecule has 0 spiro atoms. The summed E-state index contributed by atoms with van der Waals surface area (Å²) >= 11 is 6.51. The summed E-state index contributed by atoms with van der Waals surface area (Å²) in [5.41, 5.74) is 5.58. The minimum Gasteiger partial charge on any atom is -0.348 e. The number of nitrogens with one attached hydrogen (secondary N) is 1. The van der Waals surface area contributed by atoms with Crippen LogP contribution in [-0.2, 0) is 13.1 Å². The van der Waals surface area contributed by atoms with E-state index in [1.165, 1.54) is 16.8 Å². The lowest BCUT2D eigenvalue weighted by Crippen LogP contribution is -2.23. The van der Waals surface area contributed by atoms with Crippen molar-refractivity contribution in [3.63, 3.8) is 0 Å². The van der Waals surface area contributed by atoms with Crippen LogP contribution in [0.25, 0.3) is 16.8 Å². The number of aromatic nitrogens is 4. The molecule has 0 saturated heterocycles. The highest BCUT2D eigenvalue weighted by atomic mass is 35.5. The quantitative estimate of drug-likeness (QED) is 0.307. The Kier molecular flexibility index (Phi) is 6.64. The number of halogens is 2. The van der Waals surface area contributed by atoms with Gasteiger partial charge in [-0.3, -0.25) is 9.48 Å². The molecule has 0 fully saturated rings.